The Hall–Kier alpha value is 0.100. The van der Waals surface area contributed by atoms with Crippen LogP contribution >= 0.6 is 27.3 Å². The minimum atomic E-state index is 0.249. The highest BCUT2D eigenvalue weighted by atomic mass is 79.9. The Labute approximate surface area is 85.0 Å². The number of hydroxylamine groups is 1. The van der Waals surface area contributed by atoms with Crippen molar-refractivity contribution < 1.29 is 4.84 Å². The molecule has 4 heteroatoms. The van der Waals surface area contributed by atoms with E-state index in [9.17, 15) is 0 Å². The fraction of sp³-hybridized carbons (Fsp3) is 0.500. The molecule has 0 saturated carbocycles. The van der Waals surface area contributed by atoms with E-state index in [0.717, 1.165) is 4.47 Å². The van der Waals surface area contributed by atoms with Crippen LogP contribution in [0.4, 0.5) is 0 Å². The van der Waals surface area contributed by atoms with Gasteiger partial charge in [0.1, 0.15) is 0 Å². The van der Waals surface area contributed by atoms with E-state index in [0.29, 0.717) is 6.61 Å². The quantitative estimate of drug-likeness (QED) is 0.829. The molecule has 1 heterocycles. The molecule has 0 fully saturated rings. The van der Waals surface area contributed by atoms with Crippen LogP contribution in [0.25, 0.3) is 0 Å². The second-order valence-electron chi connectivity index (χ2n) is 2.41. The van der Waals surface area contributed by atoms with Crippen molar-refractivity contribution in [3.8, 4) is 0 Å². The zero-order chi connectivity index (χ0) is 8.97. The highest BCUT2D eigenvalue weighted by Crippen LogP contribution is 2.28. The van der Waals surface area contributed by atoms with Crippen molar-refractivity contribution in [2.24, 2.45) is 0 Å². The summed E-state index contributed by atoms with van der Waals surface area (Å²) in [5.41, 5.74) is 2.96. The van der Waals surface area contributed by atoms with Crippen molar-refractivity contribution in [2.45, 2.75) is 19.9 Å². The first-order chi connectivity index (χ1) is 5.75. The molecule has 1 aromatic rings. The van der Waals surface area contributed by atoms with Crippen molar-refractivity contribution in [3.05, 3.63) is 20.8 Å². The smallest absolute Gasteiger partial charge is 0.0654 e. The number of hydrogen-bond acceptors (Lipinski definition) is 3. The lowest BCUT2D eigenvalue weighted by molar-refractivity contribution is 0.0291. The lowest BCUT2D eigenvalue weighted by Gasteiger charge is -2.11. The summed E-state index contributed by atoms with van der Waals surface area (Å²) in [6.07, 6.45) is 0. The van der Waals surface area contributed by atoms with Crippen LogP contribution in [-0.4, -0.2) is 6.61 Å². The van der Waals surface area contributed by atoms with Crippen LogP contribution in [0.1, 0.15) is 24.8 Å². The van der Waals surface area contributed by atoms with E-state index < -0.39 is 0 Å². The van der Waals surface area contributed by atoms with Crippen molar-refractivity contribution in [2.75, 3.05) is 6.61 Å². The first-order valence-corrected chi connectivity index (χ1v) is 5.53. The molecule has 0 bridgehead atoms. The normalized spacial score (nSPS) is 13.2. The Balaban J connectivity index is 2.52. The molecule has 0 aliphatic rings. The molecule has 1 N–H and O–H groups in total. The van der Waals surface area contributed by atoms with Crippen LogP contribution in [0.2, 0.25) is 0 Å². The predicted octanol–water partition coefficient (Wildman–Crippen LogP) is 3.11. The third-order valence-electron chi connectivity index (χ3n) is 1.44. The van der Waals surface area contributed by atoms with Gasteiger partial charge in [-0.15, -0.1) is 11.3 Å². The summed E-state index contributed by atoms with van der Waals surface area (Å²) >= 11 is 5.19. The fourth-order valence-electron chi connectivity index (χ4n) is 0.876. The van der Waals surface area contributed by atoms with Crippen LogP contribution in [0.3, 0.4) is 0 Å². The maximum absolute atomic E-state index is 5.11. The Kier molecular flexibility index (Phi) is 4.21. The number of hydrogen-bond donors (Lipinski definition) is 1. The molecule has 0 saturated heterocycles. The Morgan fingerprint density at radius 3 is 3.00 bits per heavy atom. The molecule has 1 atom stereocenters. The van der Waals surface area contributed by atoms with Crippen LogP contribution < -0.4 is 5.48 Å². The topological polar surface area (TPSA) is 21.3 Å². The molecule has 0 spiro atoms. The van der Waals surface area contributed by atoms with E-state index in [1.165, 1.54) is 4.88 Å². The van der Waals surface area contributed by atoms with Gasteiger partial charge in [0.2, 0.25) is 0 Å². The Morgan fingerprint density at radius 1 is 1.75 bits per heavy atom. The molecule has 68 valence electrons. The largest absolute Gasteiger partial charge is 0.301 e. The van der Waals surface area contributed by atoms with Gasteiger partial charge in [0.25, 0.3) is 0 Å². The third kappa shape index (κ3) is 2.55. The van der Waals surface area contributed by atoms with Gasteiger partial charge in [-0.25, -0.2) is 0 Å². The number of halogens is 1. The van der Waals surface area contributed by atoms with Gasteiger partial charge < -0.3 is 4.84 Å². The van der Waals surface area contributed by atoms with Gasteiger partial charge in [0.05, 0.1) is 12.6 Å². The van der Waals surface area contributed by atoms with Crippen LogP contribution in [0.5, 0.6) is 0 Å². The first-order valence-electron chi connectivity index (χ1n) is 3.86. The standard InChI is InChI=1S/C8H12BrNOS/c1-3-11-10-6(2)8-7(9)4-5-12-8/h4-6,10H,3H2,1-2H3. The van der Waals surface area contributed by atoms with Gasteiger partial charge in [0, 0.05) is 9.35 Å². The molecule has 1 aromatic heterocycles. The molecule has 0 aliphatic heterocycles. The average molecular weight is 250 g/mol. The Bertz CT molecular complexity index is 239. The summed E-state index contributed by atoms with van der Waals surface area (Å²) in [6, 6.07) is 2.30. The van der Waals surface area contributed by atoms with Gasteiger partial charge in [-0.05, 0) is 41.2 Å². The molecule has 12 heavy (non-hydrogen) atoms. The summed E-state index contributed by atoms with van der Waals surface area (Å²) < 4.78 is 1.15. The maximum atomic E-state index is 5.11. The van der Waals surface area contributed by atoms with E-state index in [2.05, 4.69) is 33.7 Å². The first kappa shape index (κ1) is 10.2. The molecule has 2 nitrogen and oxygen atoms in total. The fourth-order valence-corrected chi connectivity index (χ4v) is 2.59. The van der Waals surface area contributed by atoms with E-state index >= 15 is 0 Å². The minimum Gasteiger partial charge on any atom is -0.301 e. The monoisotopic (exact) mass is 249 g/mol. The summed E-state index contributed by atoms with van der Waals surface area (Å²) in [5, 5.41) is 2.06. The van der Waals surface area contributed by atoms with Gasteiger partial charge in [0.15, 0.2) is 0 Å². The average Bonchev–Trinajstić information content (AvgIpc) is 2.47. The van der Waals surface area contributed by atoms with E-state index in [-0.39, 0.29) is 6.04 Å². The third-order valence-corrected chi connectivity index (χ3v) is 3.50. The summed E-state index contributed by atoms with van der Waals surface area (Å²) in [4.78, 5) is 6.38. The summed E-state index contributed by atoms with van der Waals surface area (Å²) in [6.45, 7) is 4.72. The van der Waals surface area contributed by atoms with Gasteiger partial charge >= 0.3 is 0 Å². The highest BCUT2D eigenvalue weighted by Gasteiger charge is 2.09. The van der Waals surface area contributed by atoms with Crippen LogP contribution in [0, 0.1) is 0 Å². The van der Waals surface area contributed by atoms with Gasteiger partial charge in [-0.3, -0.25) is 0 Å². The number of nitrogens with one attached hydrogen (secondary N) is 1. The predicted molar refractivity (Wildman–Crippen MR) is 55.2 cm³/mol. The molecule has 0 aliphatic carbocycles. The highest BCUT2D eigenvalue weighted by molar-refractivity contribution is 9.10. The second-order valence-corrected chi connectivity index (χ2v) is 4.21. The summed E-state index contributed by atoms with van der Waals surface area (Å²) in [5.74, 6) is 0. The zero-order valence-electron chi connectivity index (χ0n) is 7.13. The molecular formula is C8H12BrNOS. The lowest BCUT2D eigenvalue weighted by Crippen LogP contribution is -2.18. The minimum absolute atomic E-state index is 0.249. The number of rotatable bonds is 4. The van der Waals surface area contributed by atoms with Gasteiger partial charge in [-0.2, -0.15) is 5.48 Å². The molecule has 0 aromatic carbocycles. The van der Waals surface area contributed by atoms with Crippen LogP contribution in [-0.2, 0) is 4.84 Å². The lowest BCUT2D eigenvalue weighted by atomic mass is 10.3. The second kappa shape index (κ2) is 4.97. The van der Waals surface area contributed by atoms with Crippen molar-refractivity contribution in [1.29, 1.82) is 0 Å². The van der Waals surface area contributed by atoms with E-state index in [4.69, 9.17) is 4.84 Å². The molecular weight excluding hydrogens is 238 g/mol. The molecule has 0 amide bonds. The van der Waals surface area contributed by atoms with Gasteiger partial charge in [-0.1, -0.05) is 0 Å². The van der Waals surface area contributed by atoms with E-state index in [1.807, 2.05) is 13.0 Å². The molecule has 1 unspecified atom stereocenters. The Morgan fingerprint density at radius 2 is 2.50 bits per heavy atom. The van der Waals surface area contributed by atoms with Crippen molar-refractivity contribution >= 4 is 27.3 Å². The van der Waals surface area contributed by atoms with Crippen molar-refractivity contribution in [3.63, 3.8) is 0 Å². The SMILES string of the molecule is CCONC(C)c1sccc1Br. The van der Waals surface area contributed by atoms with E-state index in [1.54, 1.807) is 11.3 Å². The molecule has 1 rings (SSSR count). The zero-order valence-corrected chi connectivity index (χ0v) is 9.54. The summed E-state index contributed by atoms with van der Waals surface area (Å²) in [7, 11) is 0. The molecule has 0 radical (unpaired) electrons. The van der Waals surface area contributed by atoms with Crippen molar-refractivity contribution in [1.82, 2.24) is 5.48 Å². The maximum Gasteiger partial charge on any atom is 0.0654 e. The number of thiophene rings is 1. The van der Waals surface area contributed by atoms with Crippen LogP contribution in [0.15, 0.2) is 15.9 Å².